The third-order valence-corrected chi connectivity index (χ3v) is 3.41. The maximum Gasteiger partial charge on any atom is 0.146 e. The van der Waals surface area contributed by atoms with Crippen LogP contribution in [0.15, 0.2) is 36.4 Å². The van der Waals surface area contributed by atoms with E-state index < -0.39 is 11.6 Å². The van der Waals surface area contributed by atoms with Crippen LogP contribution in [-0.2, 0) is 6.42 Å². The molecule has 0 saturated carbocycles. The Balaban J connectivity index is 1.65. The molecular formula is C16H15F2NO. The maximum absolute atomic E-state index is 13.5. The molecule has 0 aliphatic carbocycles. The van der Waals surface area contributed by atoms with Gasteiger partial charge in [-0.2, -0.15) is 0 Å². The van der Waals surface area contributed by atoms with Gasteiger partial charge in [-0.3, -0.25) is 0 Å². The van der Waals surface area contributed by atoms with E-state index in [1.807, 2.05) is 19.1 Å². The molecule has 2 aromatic rings. The molecule has 0 fully saturated rings. The second-order valence-electron chi connectivity index (χ2n) is 5.06. The summed E-state index contributed by atoms with van der Waals surface area (Å²) >= 11 is 0. The van der Waals surface area contributed by atoms with Gasteiger partial charge < -0.3 is 10.1 Å². The summed E-state index contributed by atoms with van der Waals surface area (Å²) in [5.41, 5.74) is 2.52. The minimum absolute atomic E-state index is 0.0607. The lowest BCUT2D eigenvalue weighted by Gasteiger charge is -2.13. The Labute approximate surface area is 116 Å². The van der Waals surface area contributed by atoms with Crippen molar-refractivity contribution in [1.29, 1.82) is 0 Å². The SMILES string of the molecule is Cc1ccc2c(c1)CC(CNc1cc(F)ccc1F)O2. The molecule has 20 heavy (non-hydrogen) atoms. The molecule has 4 heteroatoms. The molecule has 0 saturated heterocycles. The van der Waals surface area contributed by atoms with Crippen LogP contribution in [0.1, 0.15) is 11.1 Å². The van der Waals surface area contributed by atoms with Crippen molar-refractivity contribution < 1.29 is 13.5 Å². The molecule has 1 unspecified atom stereocenters. The first-order chi connectivity index (χ1) is 9.61. The van der Waals surface area contributed by atoms with E-state index >= 15 is 0 Å². The second kappa shape index (κ2) is 5.12. The highest BCUT2D eigenvalue weighted by molar-refractivity contribution is 5.46. The molecule has 1 N–H and O–H groups in total. The largest absolute Gasteiger partial charge is 0.488 e. The maximum atomic E-state index is 13.5. The van der Waals surface area contributed by atoms with Crippen molar-refractivity contribution >= 4 is 5.69 Å². The van der Waals surface area contributed by atoms with Gasteiger partial charge in [0.05, 0.1) is 12.2 Å². The van der Waals surface area contributed by atoms with Crippen LogP contribution in [0.5, 0.6) is 5.75 Å². The van der Waals surface area contributed by atoms with Crippen LogP contribution in [0, 0.1) is 18.6 Å². The van der Waals surface area contributed by atoms with Gasteiger partial charge in [0.2, 0.25) is 0 Å². The molecule has 104 valence electrons. The third-order valence-electron chi connectivity index (χ3n) is 3.41. The third kappa shape index (κ3) is 2.59. The van der Waals surface area contributed by atoms with Gasteiger partial charge >= 0.3 is 0 Å². The standard InChI is InChI=1S/C16H15F2NO/c1-10-2-5-16-11(6-10)7-13(20-16)9-19-15-8-12(17)3-4-14(15)18/h2-6,8,13,19H,7,9H2,1H3. The van der Waals surface area contributed by atoms with Gasteiger partial charge in [0.1, 0.15) is 23.5 Å². The van der Waals surface area contributed by atoms with Crippen LogP contribution in [-0.4, -0.2) is 12.6 Å². The normalized spacial score (nSPS) is 16.6. The molecule has 0 amide bonds. The summed E-state index contributed by atoms with van der Waals surface area (Å²) in [4.78, 5) is 0. The molecule has 0 radical (unpaired) electrons. The predicted octanol–water partition coefficient (Wildman–Crippen LogP) is 3.69. The van der Waals surface area contributed by atoms with Gasteiger partial charge in [-0.05, 0) is 36.8 Å². The Morgan fingerprint density at radius 1 is 1.20 bits per heavy atom. The Hall–Kier alpha value is -2.10. The van der Waals surface area contributed by atoms with Crippen LogP contribution in [0.4, 0.5) is 14.5 Å². The summed E-state index contributed by atoms with van der Waals surface area (Å²) in [5, 5.41) is 2.91. The molecule has 1 aliphatic rings. The summed E-state index contributed by atoms with van der Waals surface area (Å²) < 4.78 is 32.3. The molecule has 2 aromatic carbocycles. The van der Waals surface area contributed by atoms with E-state index in [0.717, 1.165) is 35.9 Å². The first-order valence-corrected chi connectivity index (χ1v) is 6.57. The first kappa shape index (κ1) is 12.9. The van der Waals surface area contributed by atoms with Crippen molar-refractivity contribution in [3.05, 3.63) is 59.2 Å². The van der Waals surface area contributed by atoms with E-state index in [-0.39, 0.29) is 11.8 Å². The number of nitrogens with one attached hydrogen (secondary N) is 1. The van der Waals surface area contributed by atoms with Crippen LogP contribution in [0.3, 0.4) is 0 Å². The Kier molecular flexibility index (Phi) is 3.30. The first-order valence-electron chi connectivity index (χ1n) is 6.57. The van der Waals surface area contributed by atoms with Crippen molar-refractivity contribution in [3.63, 3.8) is 0 Å². The van der Waals surface area contributed by atoms with Gasteiger partial charge in [0.25, 0.3) is 0 Å². The molecule has 3 rings (SSSR count). The number of fused-ring (bicyclic) bond motifs is 1. The van der Waals surface area contributed by atoms with Gasteiger partial charge in [-0.25, -0.2) is 8.78 Å². The summed E-state index contributed by atoms with van der Waals surface area (Å²) in [5.74, 6) is -0.0416. The van der Waals surface area contributed by atoms with Crippen molar-refractivity contribution in [1.82, 2.24) is 0 Å². The lowest BCUT2D eigenvalue weighted by molar-refractivity contribution is 0.246. The van der Waals surface area contributed by atoms with Crippen LogP contribution in [0.2, 0.25) is 0 Å². The monoisotopic (exact) mass is 275 g/mol. The van der Waals surface area contributed by atoms with E-state index in [4.69, 9.17) is 4.74 Å². The van der Waals surface area contributed by atoms with Gasteiger partial charge in [-0.15, -0.1) is 0 Å². The minimum Gasteiger partial charge on any atom is -0.488 e. The predicted molar refractivity (Wildman–Crippen MR) is 74.1 cm³/mol. The molecule has 0 aromatic heterocycles. The van der Waals surface area contributed by atoms with E-state index in [1.54, 1.807) is 0 Å². The summed E-state index contributed by atoms with van der Waals surface area (Å²) in [6, 6.07) is 9.42. The number of anilines is 1. The average Bonchev–Trinajstić information content (AvgIpc) is 2.81. The lowest BCUT2D eigenvalue weighted by atomic mass is 10.1. The van der Waals surface area contributed by atoms with Crippen LogP contribution < -0.4 is 10.1 Å². The zero-order chi connectivity index (χ0) is 14.1. The van der Waals surface area contributed by atoms with E-state index in [1.165, 1.54) is 5.56 Å². The van der Waals surface area contributed by atoms with Gasteiger partial charge in [0, 0.05) is 6.42 Å². The number of rotatable bonds is 3. The summed E-state index contributed by atoms with van der Waals surface area (Å²) in [6.45, 7) is 2.47. The zero-order valence-corrected chi connectivity index (χ0v) is 11.1. The fourth-order valence-electron chi connectivity index (χ4n) is 2.42. The molecule has 2 nitrogen and oxygen atoms in total. The van der Waals surface area contributed by atoms with E-state index in [0.29, 0.717) is 6.54 Å². The highest BCUT2D eigenvalue weighted by Crippen LogP contribution is 2.29. The molecular weight excluding hydrogens is 260 g/mol. The quantitative estimate of drug-likeness (QED) is 0.922. The summed E-state index contributed by atoms with van der Waals surface area (Å²) in [7, 11) is 0. The molecule has 1 aliphatic heterocycles. The fourth-order valence-corrected chi connectivity index (χ4v) is 2.42. The topological polar surface area (TPSA) is 21.3 Å². The molecule has 1 atom stereocenters. The van der Waals surface area contributed by atoms with Crippen LogP contribution >= 0.6 is 0 Å². The zero-order valence-electron chi connectivity index (χ0n) is 11.1. The summed E-state index contributed by atoms with van der Waals surface area (Å²) in [6.07, 6.45) is 0.718. The number of hydrogen-bond donors (Lipinski definition) is 1. The van der Waals surface area contributed by atoms with E-state index in [2.05, 4.69) is 11.4 Å². The van der Waals surface area contributed by atoms with Gasteiger partial charge in [-0.1, -0.05) is 17.7 Å². The number of halogens is 2. The van der Waals surface area contributed by atoms with Gasteiger partial charge in [0.15, 0.2) is 0 Å². The van der Waals surface area contributed by atoms with Crippen molar-refractivity contribution in [2.45, 2.75) is 19.4 Å². The Morgan fingerprint density at radius 3 is 2.90 bits per heavy atom. The number of hydrogen-bond acceptors (Lipinski definition) is 2. The number of benzene rings is 2. The second-order valence-corrected chi connectivity index (χ2v) is 5.06. The molecule has 0 bridgehead atoms. The molecule has 1 heterocycles. The lowest BCUT2D eigenvalue weighted by Crippen LogP contribution is -2.24. The highest BCUT2D eigenvalue weighted by Gasteiger charge is 2.22. The fraction of sp³-hybridized carbons (Fsp3) is 0.250. The Bertz CT molecular complexity index is 642. The van der Waals surface area contributed by atoms with E-state index in [9.17, 15) is 8.78 Å². The van der Waals surface area contributed by atoms with Crippen molar-refractivity contribution in [3.8, 4) is 5.75 Å². The average molecular weight is 275 g/mol. The number of aryl methyl sites for hydroxylation is 1. The van der Waals surface area contributed by atoms with Crippen molar-refractivity contribution in [2.75, 3.05) is 11.9 Å². The highest BCUT2D eigenvalue weighted by atomic mass is 19.1. The number of ether oxygens (including phenoxy) is 1. The van der Waals surface area contributed by atoms with Crippen LogP contribution in [0.25, 0.3) is 0 Å². The molecule has 0 spiro atoms. The Morgan fingerprint density at radius 2 is 2.05 bits per heavy atom. The minimum atomic E-state index is -0.460. The van der Waals surface area contributed by atoms with Crippen molar-refractivity contribution in [2.24, 2.45) is 0 Å². The smallest absolute Gasteiger partial charge is 0.146 e.